The van der Waals surface area contributed by atoms with Crippen molar-refractivity contribution in [3.8, 4) is 0 Å². The summed E-state index contributed by atoms with van der Waals surface area (Å²) in [5, 5.41) is 9.98. The van der Waals surface area contributed by atoms with Crippen LogP contribution in [0.3, 0.4) is 0 Å². The summed E-state index contributed by atoms with van der Waals surface area (Å²) in [5.41, 5.74) is 0.771. The average molecular weight is 227 g/mol. The molecular formula is C11H17NO2S. The number of hydrogen-bond donors (Lipinski definition) is 2. The maximum atomic E-state index is 11.7. The lowest BCUT2D eigenvalue weighted by Crippen LogP contribution is -2.21. The van der Waals surface area contributed by atoms with E-state index in [1.807, 2.05) is 19.1 Å². The predicted molar refractivity (Wildman–Crippen MR) is 61.9 cm³/mol. The molecule has 0 fully saturated rings. The van der Waals surface area contributed by atoms with Crippen LogP contribution in [0.5, 0.6) is 0 Å². The lowest BCUT2D eigenvalue weighted by atomic mass is 9.97. The van der Waals surface area contributed by atoms with Gasteiger partial charge in [-0.2, -0.15) is 0 Å². The fourth-order valence-corrected chi connectivity index (χ4v) is 2.31. The van der Waals surface area contributed by atoms with Crippen molar-refractivity contribution in [2.45, 2.75) is 31.3 Å². The van der Waals surface area contributed by atoms with Crippen LogP contribution in [0.4, 0.5) is 0 Å². The lowest BCUT2D eigenvalue weighted by molar-refractivity contribution is 0.0755. The van der Waals surface area contributed by atoms with E-state index in [2.05, 4.69) is 4.72 Å². The maximum Gasteiger partial charge on any atom is 0.125 e. The van der Waals surface area contributed by atoms with Crippen LogP contribution in [0.1, 0.15) is 25.0 Å². The molecule has 4 heteroatoms. The highest BCUT2D eigenvalue weighted by Crippen LogP contribution is 2.26. The second-order valence-electron chi connectivity index (χ2n) is 4.03. The second-order valence-corrected chi connectivity index (χ2v) is 5.42. The van der Waals surface area contributed by atoms with E-state index in [1.54, 1.807) is 27.0 Å². The lowest BCUT2D eigenvalue weighted by Gasteiger charge is -2.21. The summed E-state index contributed by atoms with van der Waals surface area (Å²) < 4.78 is 14.4. The Bertz CT molecular complexity index is 383. The molecule has 1 unspecified atom stereocenters. The Morgan fingerprint density at radius 3 is 2.47 bits per heavy atom. The Morgan fingerprint density at radius 1 is 1.40 bits per heavy atom. The molecule has 0 saturated heterocycles. The fraction of sp³-hybridized carbons (Fsp3) is 0.455. The third kappa shape index (κ3) is 2.87. The van der Waals surface area contributed by atoms with Crippen molar-refractivity contribution in [1.29, 1.82) is 0 Å². The molecule has 0 aromatic heterocycles. The molecule has 1 aromatic rings. The fourth-order valence-electron chi connectivity index (χ4n) is 1.39. The largest absolute Gasteiger partial charge is 0.386 e. The highest BCUT2D eigenvalue weighted by molar-refractivity contribution is 7.83. The van der Waals surface area contributed by atoms with Gasteiger partial charge in [-0.25, -0.2) is 8.93 Å². The molecule has 0 heterocycles. The van der Waals surface area contributed by atoms with Crippen molar-refractivity contribution >= 4 is 11.0 Å². The van der Waals surface area contributed by atoms with E-state index in [1.165, 1.54) is 0 Å². The van der Waals surface area contributed by atoms with Crippen LogP contribution in [0.2, 0.25) is 0 Å². The zero-order chi connectivity index (χ0) is 11.6. The summed E-state index contributed by atoms with van der Waals surface area (Å²) in [7, 11) is 0.362. The molecule has 0 bridgehead atoms. The molecule has 2 N–H and O–H groups in total. The van der Waals surface area contributed by atoms with Gasteiger partial charge in [0, 0.05) is 5.56 Å². The van der Waals surface area contributed by atoms with E-state index in [9.17, 15) is 9.32 Å². The van der Waals surface area contributed by atoms with Gasteiger partial charge in [-0.05, 0) is 33.9 Å². The Hall–Kier alpha value is -0.710. The predicted octanol–water partition coefficient (Wildman–Crippen LogP) is 1.46. The number of rotatable bonds is 3. The molecule has 0 spiro atoms. The molecule has 15 heavy (non-hydrogen) atoms. The summed E-state index contributed by atoms with van der Waals surface area (Å²) in [6.45, 7) is 5.33. The first-order valence-corrected chi connectivity index (χ1v) is 5.94. The molecule has 0 aliphatic heterocycles. The Balaban J connectivity index is 3.33. The number of hydrogen-bond acceptors (Lipinski definition) is 2. The minimum Gasteiger partial charge on any atom is -0.386 e. The van der Waals surface area contributed by atoms with Gasteiger partial charge in [0.1, 0.15) is 11.0 Å². The van der Waals surface area contributed by atoms with Gasteiger partial charge in [0.15, 0.2) is 0 Å². The average Bonchev–Trinajstić information content (AvgIpc) is 2.15. The summed E-state index contributed by atoms with van der Waals surface area (Å²) in [6.07, 6.45) is 0. The standard InChI is InChI=1S/C11H17NO2S/c1-8-5-6-10(15(14)12-4)9(7-8)11(2,3)13/h5-7,12-13H,1-4H3. The van der Waals surface area contributed by atoms with Crippen molar-refractivity contribution < 1.29 is 9.32 Å². The third-order valence-electron chi connectivity index (χ3n) is 2.18. The topological polar surface area (TPSA) is 49.3 Å². The molecule has 1 rings (SSSR count). The van der Waals surface area contributed by atoms with E-state index in [0.29, 0.717) is 10.5 Å². The van der Waals surface area contributed by atoms with Crippen LogP contribution < -0.4 is 4.72 Å². The molecule has 0 aliphatic carbocycles. The van der Waals surface area contributed by atoms with Gasteiger partial charge in [-0.3, -0.25) is 0 Å². The van der Waals surface area contributed by atoms with Crippen LogP contribution in [0, 0.1) is 6.92 Å². The molecule has 0 saturated carbocycles. The van der Waals surface area contributed by atoms with Crippen molar-refractivity contribution in [3.63, 3.8) is 0 Å². The van der Waals surface area contributed by atoms with E-state index < -0.39 is 16.6 Å². The van der Waals surface area contributed by atoms with Crippen molar-refractivity contribution in [1.82, 2.24) is 4.72 Å². The van der Waals surface area contributed by atoms with Gasteiger partial charge in [0.2, 0.25) is 0 Å². The second kappa shape index (κ2) is 4.43. The molecule has 0 radical (unpaired) electrons. The van der Waals surface area contributed by atoms with Crippen LogP contribution >= 0.6 is 0 Å². The molecule has 0 amide bonds. The first-order valence-electron chi connectivity index (χ1n) is 4.79. The molecule has 1 aromatic carbocycles. The van der Waals surface area contributed by atoms with Crippen LogP contribution in [0.25, 0.3) is 0 Å². The SMILES string of the molecule is CNS(=O)c1ccc(C)cc1C(C)(C)O. The smallest absolute Gasteiger partial charge is 0.125 e. The molecule has 3 nitrogen and oxygen atoms in total. The van der Waals surface area contributed by atoms with Crippen molar-refractivity contribution in [2.24, 2.45) is 0 Å². The number of benzene rings is 1. The molecular weight excluding hydrogens is 210 g/mol. The maximum absolute atomic E-state index is 11.7. The first kappa shape index (κ1) is 12.4. The van der Waals surface area contributed by atoms with Gasteiger partial charge in [0.25, 0.3) is 0 Å². The monoisotopic (exact) mass is 227 g/mol. The van der Waals surface area contributed by atoms with Crippen molar-refractivity contribution in [2.75, 3.05) is 7.05 Å². The summed E-state index contributed by atoms with van der Waals surface area (Å²) in [5.74, 6) is 0. The van der Waals surface area contributed by atoms with E-state index in [-0.39, 0.29) is 0 Å². The number of nitrogens with one attached hydrogen (secondary N) is 1. The number of aliphatic hydroxyl groups is 1. The first-order chi connectivity index (χ1) is 6.86. The third-order valence-corrected chi connectivity index (χ3v) is 3.31. The van der Waals surface area contributed by atoms with Crippen molar-refractivity contribution in [3.05, 3.63) is 29.3 Å². The summed E-state index contributed by atoms with van der Waals surface area (Å²) in [6, 6.07) is 5.54. The zero-order valence-corrected chi connectivity index (χ0v) is 10.3. The Labute approximate surface area is 93.1 Å². The molecule has 1 atom stereocenters. The highest BCUT2D eigenvalue weighted by atomic mass is 32.2. The highest BCUT2D eigenvalue weighted by Gasteiger charge is 2.22. The van der Waals surface area contributed by atoms with Gasteiger partial charge >= 0.3 is 0 Å². The Kier molecular flexibility index (Phi) is 3.65. The normalized spacial score (nSPS) is 13.9. The number of aryl methyl sites for hydroxylation is 1. The summed E-state index contributed by atoms with van der Waals surface area (Å²) >= 11 is 0. The molecule has 0 aliphatic rings. The van der Waals surface area contributed by atoms with Gasteiger partial charge in [0.05, 0.1) is 10.5 Å². The van der Waals surface area contributed by atoms with Gasteiger partial charge in [-0.1, -0.05) is 17.7 Å². The van der Waals surface area contributed by atoms with Crippen LogP contribution in [-0.2, 0) is 16.6 Å². The zero-order valence-electron chi connectivity index (χ0n) is 9.50. The van der Waals surface area contributed by atoms with E-state index in [0.717, 1.165) is 5.56 Å². The Morgan fingerprint density at radius 2 is 2.00 bits per heavy atom. The van der Waals surface area contributed by atoms with E-state index >= 15 is 0 Å². The minimum atomic E-state index is -1.27. The quantitative estimate of drug-likeness (QED) is 0.821. The van der Waals surface area contributed by atoms with Gasteiger partial charge in [-0.15, -0.1) is 0 Å². The van der Waals surface area contributed by atoms with Crippen LogP contribution in [-0.4, -0.2) is 16.4 Å². The minimum absolute atomic E-state index is 0.635. The van der Waals surface area contributed by atoms with Gasteiger partial charge < -0.3 is 5.11 Å². The van der Waals surface area contributed by atoms with E-state index in [4.69, 9.17) is 0 Å². The summed E-state index contributed by atoms with van der Waals surface area (Å²) in [4.78, 5) is 0.635. The molecule has 84 valence electrons. The van der Waals surface area contributed by atoms with Crippen LogP contribution in [0.15, 0.2) is 23.1 Å².